The van der Waals surface area contributed by atoms with Crippen LogP contribution in [0, 0.1) is 0 Å². The molecule has 1 aromatic carbocycles. The molecule has 0 saturated carbocycles. The summed E-state index contributed by atoms with van der Waals surface area (Å²) in [6.45, 7) is 0.667. The molecular formula is C12H17ClN4O3. The van der Waals surface area contributed by atoms with E-state index in [-0.39, 0.29) is 28.0 Å². The molecule has 8 heteroatoms. The van der Waals surface area contributed by atoms with Crippen LogP contribution in [-0.4, -0.2) is 49.2 Å². The van der Waals surface area contributed by atoms with E-state index in [1.54, 1.807) is 14.1 Å². The van der Waals surface area contributed by atoms with Crippen LogP contribution in [0.2, 0.25) is 5.02 Å². The molecule has 0 heterocycles. The second-order valence-electron chi connectivity index (χ2n) is 4.28. The quantitative estimate of drug-likeness (QED) is 0.484. The Balaban J connectivity index is 2.68. The summed E-state index contributed by atoms with van der Waals surface area (Å²) in [5.41, 5.74) is 6.11. The van der Waals surface area contributed by atoms with Gasteiger partial charge in [-0.3, -0.25) is 0 Å². The van der Waals surface area contributed by atoms with Crippen molar-refractivity contribution in [3.8, 4) is 0 Å². The van der Waals surface area contributed by atoms with Crippen molar-refractivity contribution >= 4 is 35.0 Å². The summed E-state index contributed by atoms with van der Waals surface area (Å²) in [6.07, 6.45) is 0. The Morgan fingerprint density at radius 3 is 2.55 bits per heavy atom. The minimum atomic E-state index is -1.13. The molecule has 0 aliphatic heterocycles. The molecule has 1 rings (SSSR count). The van der Waals surface area contributed by atoms with Crippen LogP contribution in [0.15, 0.2) is 12.1 Å². The van der Waals surface area contributed by atoms with Gasteiger partial charge in [0.1, 0.15) is 0 Å². The molecule has 1 aromatic rings. The number of halogens is 1. The van der Waals surface area contributed by atoms with Crippen LogP contribution >= 0.6 is 11.6 Å². The molecule has 0 aromatic heterocycles. The lowest BCUT2D eigenvalue weighted by Gasteiger charge is -2.14. The first kappa shape index (κ1) is 15.9. The lowest BCUT2D eigenvalue weighted by atomic mass is 10.1. The number of urea groups is 1. The number of amides is 2. The normalized spacial score (nSPS) is 9.95. The molecule has 0 radical (unpaired) electrons. The summed E-state index contributed by atoms with van der Waals surface area (Å²) in [5, 5.41) is 14.8. The summed E-state index contributed by atoms with van der Waals surface area (Å²) in [5.74, 6) is -1.13. The Kier molecular flexibility index (Phi) is 5.45. The fourth-order valence-electron chi connectivity index (χ4n) is 1.49. The minimum Gasteiger partial charge on any atom is -0.478 e. The number of rotatable bonds is 5. The van der Waals surface area contributed by atoms with Crippen molar-refractivity contribution in [3.63, 3.8) is 0 Å². The van der Waals surface area contributed by atoms with E-state index in [4.69, 9.17) is 22.4 Å². The Hall–Kier alpha value is -2.15. The summed E-state index contributed by atoms with van der Waals surface area (Å²) < 4.78 is 0. The lowest BCUT2D eigenvalue weighted by Crippen LogP contribution is -2.37. The zero-order chi connectivity index (χ0) is 15.3. The van der Waals surface area contributed by atoms with Gasteiger partial charge in [0.05, 0.1) is 16.3 Å². The summed E-state index contributed by atoms with van der Waals surface area (Å²) in [6, 6.07) is 2.57. The highest BCUT2D eigenvalue weighted by molar-refractivity contribution is 6.34. The van der Waals surface area contributed by atoms with Crippen LogP contribution < -0.4 is 16.4 Å². The fourth-order valence-corrected chi connectivity index (χ4v) is 1.79. The Morgan fingerprint density at radius 2 is 2.00 bits per heavy atom. The lowest BCUT2D eigenvalue weighted by molar-refractivity contribution is 0.0698. The predicted octanol–water partition coefficient (Wildman–Crippen LogP) is 1.30. The molecule has 0 atom stereocenters. The van der Waals surface area contributed by atoms with Gasteiger partial charge in [-0.15, -0.1) is 0 Å². The number of aromatic carboxylic acids is 1. The SMILES string of the molecule is CN(C)C(=O)NCCNc1c(Cl)cc(N)cc1C(=O)O. The molecule has 0 unspecified atom stereocenters. The predicted molar refractivity (Wildman–Crippen MR) is 78.4 cm³/mol. The number of carboxylic acid groups (broad SMARTS) is 1. The molecular weight excluding hydrogens is 284 g/mol. The Bertz CT molecular complexity index is 520. The number of nitrogens with one attached hydrogen (secondary N) is 2. The van der Waals surface area contributed by atoms with Crippen molar-refractivity contribution in [3.05, 3.63) is 22.7 Å². The number of nitrogen functional groups attached to an aromatic ring is 1. The third-order valence-electron chi connectivity index (χ3n) is 2.45. The summed E-state index contributed by atoms with van der Waals surface area (Å²) in [4.78, 5) is 23.8. The van der Waals surface area contributed by atoms with E-state index < -0.39 is 5.97 Å². The number of hydrogen-bond acceptors (Lipinski definition) is 4. The number of carbonyl (C=O) groups is 2. The number of carboxylic acids is 1. The standard InChI is InChI=1S/C12H17ClN4O3/c1-17(2)12(20)16-4-3-15-10-8(11(18)19)5-7(14)6-9(10)13/h5-6,15H,3-4,14H2,1-2H3,(H,16,20)(H,18,19). The van der Waals surface area contributed by atoms with E-state index in [1.165, 1.54) is 17.0 Å². The molecule has 0 fully saturated rings. The maximum Gasteiger partial charge on any atom is 0.337 e. The van der Waals surface area contributed by atoms with E-state index in [2.05, 4.69) is 10.6 Å². The van der Waals surface area contributed by atoms with Gasteiger partial charge in [-0.2, -0.15) is 0 Å². The van der Waals surface area contributed by atoms with Gasteiger partial charge in [-0.05, 0) is 12.1 Å². The average Bonchev–Trinajstić information content (AvgIpc) is 2.35. The van der Waals surface area contributed by atoms with Gasteiger partial charge in [0, 0.05) is 32.9 Å². The minimum absolute atomic E-state index is 0.00561. The van der Waals surface area contributed by atoms with Gasteiger partial charge in [0.25, 0.3) is 0 Å². The smallest absolute Gasteiger partial charge is 0.337 e. The van der Waals surface area contributed by atoms with Crippen molar-refractivity contribution in [1.29, 1.82) is 0 Å². The molecule has 5 N–H and O–H groups in total. The molecule has 0 spiro atoms. The first-order chi connectivity index (χ1) is 9.32. The van der Waals surface area contributed by atoms with Gasteiger partial charge >= 0.3 is 12.0 Å². The molecule has 0 saturated heterocycles. The summed E-state index contributed by atoms with van der Waals surface area (Å²) in [7, 11) is 3.25. The van der Waals surface area contributed by atoms with E-state index in [9.17, 15) is 9.59 Å². The van der Waals surface area contributed by atoms with Crippen LogP contribution in [0.5, 0.6) is 0 Å². The topological polar surface area (TPSA) is 108 Å². The van der Waals surface area contributed by atoms with Gasteiger partial charge in [-0.1, -0.05) is 11.6 Å². The monoisotopic (exact) mass is 300 g/mol. The zero-order valence-electron chi connectivity index (χ0n) is 11.2. The number of benzene rings is 1. The van der Waals surface area contributed by atoms with Crippen molar-refractivity contribution in [2.45, 2.75) is 0 Å². The molecule has 2 amide bonds. The second kappa shape index (κ2) is 6.85. The molecule has 0 bridgehead atoms. The highest BCUT2D eigenvalue weighted by atomic mass is 35.5. The van der Waals surface area contributed by atoms with Gasteiger partial charge in [0.15, 0.2) is 0 Å². The van der Waals surface area contributed by atoms with Gasteiger partial charge in [0.2, 0.25) is 0 Å². The largest absolute Gasteiger partial charge is 0.478 e. The van der Waals surface area contributed by atoms with Crippen LogP contribution in [0.1, 0.15) is 10.4 Å². The first-order valence-corrected chi connectivity index (χ1v) is 6.22. The molecule has 7 nitrogen and oxygen atoms in total. The fraction of sp³-hybridized carbons (Fsp3) is 0.333. The molecule has 0 aliphatic rings. The van der Waals surface area contributed by atoms with E-state index in [0.717, 1.165) is 0 Å². The van der Waals surface area contributed by atoms with E-state index in [0.29, 0.717) is 13.1 Å². The molecule has 110 valence electrons. The maximum absolute atomic E-state index is 11.3. The van der Waals surface area contributed by atoms with Gasteiger partial charge in [-0.25, -0.2) is 9.59 Å². The number of anilines is 2. The molecule has 20 heavy (non-hydrogen) atoms. The maximum atomic E-state index is 11.3. The molecule has 0 aliphatic carbocycles. The van der Waals surface area contributed by atoms with Crippen molar-refractivity contribution < 1.29 is 14.7 Å². The third-order valence-corrected chi connectivity index (χ3v) is 2.75. The van der Waals surface area contributed by atoms with Crippen LogP contribution in [-0.2, 0) is 0 Å². The van der Waals surface area contributed by atoms with Crippen molar-refractivity contribution in [2.24, 2.45) is 0 Å². The number of carbonyl (C=O) groups excluding carboxylic acids is 1. The highest BCUT2D eigenvalue weighted by Gasteiger charge is 2.14. The van der Waals surface area contributed by atoms with Crippen LogP contribution in [0.3, 0.4) is 0 Å². The van der Waals surface area contributed by atoms with E-state index >= 15 is 0 Å². The van der Waals surface area contributed by atoms with E-state index in [1.807, 2.05) is 0 Å². The van der Waals surface area contributed by atoms with Crippen molar-refractivity contribution in [2.75, 3.05) is 38.2 Å². The third kappa shape index (κ3) is 4.20. The van der Waals surface area contributed by atoms with Crippen LogP contribution in [0.25, 0.3) is 0 Å². The average molecular weight is 301 g/mol. The van der Waals surface area contributed by atoms with Crippen molar-refractivity contribution in [1.82, 2.24) is 10.2 Å². The summed E-state index contributed by atoms with van der Waals surface area (Å²) >= 11 is 5.97. The van der Waals surface area contributed by atoms with Crippen LogP contribution in [0.4, 0.5) is 16.2 Å². The van der Waals surface area contributed by atoms with Gasteiger partial charge < -0.3 is 26.4 Å². The highest BCUT2D eigenvalue weighted by Crippen LogP contribution is 2.29. The Labute approximate surface area is 121 Å². The second-order valence-corrected chi connectivity index (χ2v) is 4.69. The first-order valence-electron chi connectivity index (χ1n) is 5.84. The number of nitrogens with two attached hydrogens (primary N) is 1. The number of hydrogen-bond donors (Lipinski definition) is 4. The Morgan fingerprint density at radius 1 is 1.35 bits per heavy atom. The number of nitrogens with zero attached hydrogens (tertiary/aromatic N) is 1. The zero-order valence-corrected chi connectivity index (χ0v) is 12.0.